The maximum absolute atomic E-state index is 4.81. The molecular formula is C43H35IrN6. The Hall–Kier alpha value is -5.36. The van der Waals surface area contributed by atoms with Crippen LogP contribution in [-0.2, 0) is 20.1 Å². The summed E-state index contributed by atoms with van der Waals surface area (Å²) in [7, 11) is 2.00. The van der Waals surface area contributed by atoms with Crippen LogP contribution < -0.4 is 9.80 Å². The number of para-hydroxylation sites is 1. The summed E-state index contributed by atoms with van der Waals surface area (Å²) in [6, 6.07) is 42.0. The Morgan fingerprint density at radius 3 is 2.24 bits per heavy atom. The molecule has 1 aliphatic rings. The molecule has 0 fully saturated rings. The van der Waals surface area contributed by atoms with Gasteiger partial charge in [0.25, 0.3) is 0 Å². The summed E-state index contributed by atoms with van der Waals surface area (Å²) in [6.45, 7) is 10.6. The van der Waals surface area contributed by atoms with Gasteiger partial charge in [-0.1, -0.05) is 65.5 Å². The predicted octanol–water partition coefficient (Wildman–Crippen LogP) is 9.99. The van der Waals surface area contributed by atoms with E-state index in [1.54, 1.807) is 0 Å². The van der Waals surface area contributed by atoms with Crippen LogP contribution in [0.1, 0.15) is 22.3 Å². The van der Waals surface area contributed by atoms with Crippen molar-refractivity contribution in [1.82, 2.24) is 19.4 Å². The van der Waals surface area contributed by atoms with Gasteiger partial charge in [0, 0.05) is 22.8 Å². The molecule has 1 aliphatic heterocycles. The van der Waals surface area contributed by atoms with Crippen molar-refractivity contribution in [1.29, 1.82) is 0 Å². The number of rotatable bonds is 3. The Morgan fingerprint density at radius 2 is 1.46 bits per heavy atom. The van der Waals surface area contributed by atoms with E-state index in [-0.39, 0.29) is 20.1 Å². The average molecular weight is 828 g/mol. The Balaban J connectivity index is 0.000000155. The van der Waals surface area contributed by atoms with E-state index in [9.17, 15) is 0 Å². The van der Waals surface area contributed by atoms with Gasteiger partial charge in [-0.25, -0.2) is 9.97 Å². The summed E-state index contributed by atoms with van der Waals surface area (Å²) in [5.74, 6) is 1.65. The first-order valence-electron chi connectivity index (χ1n) is 16.4. The number of benzene rings is 5. The summed E-state index contributed by atoms with van der Waals surface area (Å²) < 4.78 is 2.29. The number of aromatic nitrogens is 4. The van der Waals surface area contributed by atoms with Gasteiger partial charge in [-0.15, -0.1) is 35.3 Å². The first kappa shape index (κ1) is 33.2. The molecule has 0 spiro atoms. The minimum atomic E-state index is 0. The molecule has 5 aromatic carbocycles. The van der Waals surface area contributed by atoms with E-state index in [1.165, 1.54) is 44.1 Å². The Bertz CT molecular complexity index is 2480. The molecule has 0 bridgehead atoms. The SMILES string of the molecule is Cc1ccc2c(c1)c1ccc[c-]c1c1ncc(-c3c(C)cccc3C)n21.Cc1ccccc1-c1ncc2c(n1)N(C)[CH-]N2c1[c-]cccc1.[Ir+3]. The number of hydrogen-bond acceptors (Lipinski definition) is 5. The van der Waals surface area contributed by atoms with E-state index in [0.29, 0.717) is 0 Å². The van der Waals surface area contributed by atoms with Crippen LogP contribution >= 0.6 is 0 Å². The van der Waals surface area contributed by atoms with Gasteiger partial charge < -0.3 is 14.2 Å². The molecule has 3 aromatic heterocycles. The molecule has 0 unspecified atom stereocenters. The number of fused-ring (bicyclic) bond motifs is 7. The van der Waals surface area contributed by atoms with Gasteiger partial charge in [-0.3, -0.25) is 4.98 Å². The van der Waals surface area contributed by atoms with Crippen LogP contribution in [0.2, 0.25) is 0 Å². The molecule has 0 saturated carbocycles. The molecule has 0 atom stereocenters. The van der Waals surface area contributed by atoms with Crippen LogP contribution in [0, 0.1) is 46.5 Å². The molecule has 0 saturated heterocycles. The number of aryl methyl sites for hydroxylation is 4. The second-order valence-corrected chi connectivity index (χ2v) is 12.6. The van der Waals surface area contributed by atoms with Crippen molar-refractivity contribution in [2.75, 3.05) is 16.8 Å². The first-order chi connectivity index (χ1) is 23.9. The first-order valence-corrected chi connectivity index (χ1v) is 16.4. The fourth-order valence-corrected chi connectivity index (χ4v) is 6.84. The second kappa shape index (κ2) is 13.5. The maximum atomic E-state index is 4.81. The minimum absolute atomic E-state index is 0. The molecule has 246 valence electrons. The van der Waals surface area contributed by atoms with Crippen LogP contribution in [0.5, 0.6) is 0 Å². The summed E-state index contributed by atoms with van der Waals surface area (Å²) in [5.41, 5.74) is 12.5. The van der Waals surface area contributed by atoms with Crippen molar-refractivity contribution in [3.05, 3.63) is 157 Å². The van der Waals surface area contributed by atoms with Gasteiger partial charge in [0.05, 0.1) is 23.2 Å². The molecule has 7 heteroatoms. The van der Waals surface area contributed by atoms with Crippen molar-refractivity contribution in [2.45, 2.75) is 27.7 Å². The van der Waals surface area contributed by atoms with E-state index in [4.69, 9.17) is 9.97 Å². The normalized spacial score (nSPS) is 12.2. The van der Waals surface area contributed by atoms with Gasteiger partial charge in [0.15, 0.2) is 5.82 Å². The molecule has 4 heterocycles. The van der Waals surface area contributed by atoms with E-state index in [2.05, 4.69) is 115 Å². The molecule has 9 rings (SSSR count). The fourth-order valence-electron chi connectivity index (χ4n) is 6.84. The zero-order chi connectivity index (χ0) is 33.6. The fraction of sp³-hybridized carbons (Fsp3) is 0.116. The van der Waals surface area contributed by atoms with Gasteiger partial charge in [-0.05, 0) is 62.9 Å². The van der Waals surface area contributed by atoms with Crippen LogP contribution in [0.4, 0.5) is 17.2 Å². The minimum Gasteiger partial charge on any atom is -0.491 e. The quantitative estimate of drug-likeness (QED) is 0.131. The molecule has 8 aromatic rings. The van der Waals surface area contributed by atoms with Crippen molar-refractivity contribution in [3.8, 4) is 22.6 Å². The van der Waals surface area contributed by atoms with Gasteiger partial charge in [-0.2, -0.15) is 37.0 Å². The van der Waals surface area contributed by atoms with Gasteiger partial charge in [0.2, 0.25) is 0 Å². The van der Waals surface area contributed by atoms with Crippen molar-refractivity contribution < 1.29 is 20.1 Å². The zero-order valence-electron chi connectivity index (χ0n) is 28.6. The second-order valence-electron chi connectivity index (χ2n) is 12.6. The number of imidazole rings is 1. The van der Waals surface area contributed by atoms with E-state index in [0.717, 1.165) is 45.3 Å². The molecule has 0 aliphatic carbocycles. The summed E-state index contributed by atoms with van der Waals surface area (Å²) >= 11 is 0. The van der Waals surface area contributed by atoms with Crippen molar-refractivity contribution in [3.63, 3.8) is 0 Å². The Morgan fingerprint density at radius 1 is 0.700 bits per heavy atom. The average Bonchev–Trinajstić information content (AvgIpc) is 3.70. The molecule has 0 N–H and O–H groups in total. The predicted molar refractivity (Wildman–Crippen MR) is 201 cm³/mol. The largest absolute Gasteiger partial charge is 3.00 e. The molecule has 0 radical (unpaired) electrons. The zero-order valence-corrected chi connectivity index (χ0v) is 31.0. The topological polar surface area (TPSA) is 49.6 Å². The van der Waals surface area contributed by atoms with E-state index in [1.807, 2.05) is 73.5 Å². The number of nitrogens with zero attached hydrogens (tertiary/aromatic N) is 6. The van der Waals surface area contributed by atoms with Crippen molar-refractivity contribution in [2.24, 2.45) is 0 Å². The third-order valence-corrected chi connectivity index (χ3v) is 9.23. The third-order valence-electron chi connectivity index (χ3n) is 9.23. The Labute approximate surface area is 306 Å². The molecular weight excluding hydrogens is 793 g/mol. The van der Waals surface area contributed by atoms with Crippen LogP contribution in [0.25, 0.3) is 50.0 Å². The standard InChI is InChI=1S/C24H19N2.C19H16N4.Ir/c1-15-11-12-21-20(13-15)18-9-4-5-10-19(18)24-25-14-22(26(21)24)23-16(2)7-6-8-17(23)3;1-14-8-6-7-11-16(14)18-20-12-17-19(21-18)22(2)13-23(17)15-9-4-3-5-10-15;/h4-9,11-14H,1-3H3;3-9,11-13H,1-2H3;/q-1;-2;+3. The molecule has 50 heavy (non-hydrogen) atoms. The number of anilines is 3. The van der Waals surface area contributed by atoms with E-state index >= 15 is 0 Å². The smallest absolute Gasteiger partial charge is 0.491 e. The summed E-state index contributed by atoms with van der Waals surface area (Å²) in [6.07, 6.45) is 3.88. The van der Waals surface area contributed by atoms with Gasteiger partial charge >= 0.3 is 20.1 Å². The van der Waals surface area contributed by atoms with E-state index < -0.39 is 0 Å². The van der Waals surface area contributed by atoms with Crippen LogP contribution in [-0.4, -0.2) is 26.4 Å². The maximum Gasteiger partial charge on any atom is 3.00 e. The third kappa shape index (κ3) is 5.72. The summed E-state index contributed by atoms with van der Waals surface area (Å²) in [5, 5.41) is 3.52. The Kier molecular flexibility index (Phi) is 8.96. The summed E-state index contributed by atoms with van der Waals surface area (Å²) in [4.78, 5) is 18.2. The number of pyridine rings is 1. The molecule has 0 amide bonds. The van der Waals surface area contributed by atoms with Crippen LogP contribution in [0.15, 0.2) is 116 Å². The van der Waals surface area contributed by atoms with Crippen LogP contribution in [0.3, 0.4) is 0 Å². The number of hydrogen-bond donors (Lipinski definition) is 0. The monoisotopic (exact) mass is 828 g/mol. The van der Waals surface area contributed by atoms with Crippen molar-refractivity contribution >= 4 is 44.5 Å². The molecule has 6 nitrogen and oxygen atoms in total. The van der Waals surface area contributed by atoms with Gasteiger partial charge in [0.1, 0.15) is 5.82 Å².